The van der Waals surface area contributed by atoms with E-state index < -0.39 is 4.92 Å². The molecule has 5 heteroatoms. The summed E-state index contributed by atoms with van der Waals surface area (Å²) in [6.07, 6.45) is 7.11. The molecule has 0 radical (unpaired) electrons. The number of hydrogen-bond acceptors (Lipinski definition) is 3. The molecule has 0 bridgehead atoms. The monoisotopic (exact) mass is 288 g/mol. The number of non-ortho nitro benzene ring substituents is 1. The second-order valence-electron chi connectivity index (χ2n) is 6.06. The lowest BCUT2D eigenvalue weighted by Crippen LogP contribution is -2.49. The molecule has 2 atom stereocenters. The zero-order valence-electron chi connectivity index (χ0n) is 12.0. The van der Waals surface area contributed by atoms with Crippen LogP contribution in [-0.4, -0.2) is 28.3 Å². The molecule has 1 aromatic carbocycles. The van der Waals surface area contributed by atoms with Gasteiger partial charge in [-0.15, -0.1) is 0 Å². The fourth-order valence-corrected chi connectivity index (χ4v) is 3.77. The molecule has 0 spiro atoms. The summed E-state index contributed by atoms with van der Waals surface area (Å²) in [5.41, 5.74) is 0.590. The molecular formula is C16H20N2O3. The lowest BCUT2D eigenvalue weighted by Gasteiger charge is -2.44. The molecule has 0 N–H and O–H groups in total. The van der Waals surface area contributed by atoms with Crippen LogP contribution in [0.1, 0.15) is 48.9 Å². The molecule has 1 saturated heterocycles. The highest BCUT2D eigenvalue weighted by atomic mass is 16.6. The van der Waals surface area contributed by atoms with Gasteiger partial charge in [0, 0.05) is 30.3 Å². The van der Waals surface area contributed by atoms with Crippen molar-refractivity contribution < 1.29 is 9.72 Å². The predicted octanol–water partition coefficient (Wildman–Crippen LogP) is 3.39. The Labute approximate surface area is 124 Å². The molecule has 1 aromatic rings. The van der Waals surface area contributed by atoms with Crippen LogP contribution in [-0.2, 0) is 0 Å². The molecule has 1 saturated carbocycles. The predicted molar refractivity (Wildman–Crippen MR) is 79.1 cm³/mol. The summed E-state index contributed by atoms with van der Waals surface area (Å²) in [7, 11) is 0. The molecular weight excluding hydrogens is 268 g/mol. The van der Waals surface area contributed by atoms with Crippen molar-refractivity contribution in [2.24, 2.45) is 5.92 Å². The van der Waals surface area contributed by atoms with Crippen LogP contribution in [0, 0.1) is 16.0 Å². The zero-order valence-corrected chi connectivity index (χ0v) is 12.0. The number of amides is 1. The fraction of sp³-hybridized carbons (Fsp3) is 0.562. The van der Waals surface area contributed by atoms with E-state index in [9.17, 15) is 14.9 Å². The van der Waals surface area contributed by atoms with Crippen LogP contribution in [0.25, 0.3) is 0 Å². The first-order valence-electron chi connectivity index (χ1n) is 7.72. The third-order valence-corrected chi connectivity index (χ3v) is 4.83. The largest absolute Gasteiger partial charge is 0.335 e. The van der Waals surface area contributed by atoms with E-state index in [0.717, 1.165) is 19.4 Å². The quantitative estimate of drug-likeness (QED) is 0.619. The number of nitro benzene ring substituents is 1. The summed E-state index contributed by atoms with van der Waals surface area (Å²) in [4.78, 5) is 24.9. The van der Waals surface area contributed by atoms with Gasteiger partial charge in [-0.1, -0.05) is 12.8 Å². The van der Waals surface area contributed by atoms with Gasteiger partial charge in [0.2, 0.25) is 0 Å². The number of hydrogen-bond donors (Lipinski definition) is 0. The van der Waals surface area contributed by atoms with Gasteiger partial charge in [0.25, 0.3) is 11.6 Å². The molecule has 21 heavy (non-hydrogen) atoms. The van der Waals surface area contributed by atoms with E-state index >= 15 is 0 Å². The van der Waals surface area contributed by atoms with Crippen LogP contribution in [0.3, 0.4) is 0 Å². The highest BCUT2D eigenvalue weighted by Gasteiger charge is 2.35. The number of benzene rings is 1. The summed E-state index contributed by atoms with van der Waals surface area (Å²) in [5, 5.41) is 10.7. The fourth-order valence-electron chi connectivity index (χ4n) is 3.77. The van der Waals surface area contributed by atoms with E-state index in [1.165, 1.54) is 37.8 Å². The van der Waals surface area contributed by atoms with Gasteiger partial charge in [-0.25, -0.2) is 0 Å². The van der Waals surface area contributed by atoms with Crippen molar-refractivity contribution in [1.82, 2.24) is 4.90 Å². The Kier molecular flexibility index (Phi) is 3.90. The van der Waals surface area contributed by atoms with E-state index in [-0.39, 0.29) is 11.6 Å². The maximum atomic E-state index is 12.7. The van der Waals surface area contributed by atoms with Crippen LogP contribution < -0.4 is 0 Å². The number of piperidine rings is 1. The van der Waals surface area contributed by atoms with Gasteiger partial charge in [-0.2, -0.15) is 0 Å². The maximum absolute atomic E-state index is 12.7. The van der Waals surface area contributed by atoms with E-state index in [4.69, 9.17) is 0 Å². The molecule has 1 aliphatic heterocycles. The number of nitro groups is 1. The lowest BCUT2D eigenvalue weighted by molar-refractivity contribution is -0.384. The maximum Gasteiger partial charge on any atom is 0.269 e. The normalized spacial score (nSPS) is 25.2. The summed E-state index contributed by atoms with van der Waals surface area (Å²) < 4.78 is 0. The van der Waals surface area contributed by atoms with Crippen molar-refractivity contribution in [1.29, 1.82) is 0 Å². The number of carbonyl (C=O) groups excluding carboxylic acids is 1. The summed E-state index contributed by atoms with van der Waals surface area (Å²) >= 11 is 0. The minimum absolute atomic E-state index is 0.0285. The van der Waals surface area contributed by atoms with Crippen molar-refractivity contribution in [3.05, 3.63) is 39.9 Å². The molecule has 1 heterocycles. The Bertz CT molecular complexity index is 539. The van der Waals surface area contributed by atoms with Crippen molar-refractivity contribution >= 4 is 11.6 Å². The minimum atomic E-state index is -0.438. The van der Waals surface area contributed by atoms with Gasteiger partial charge < -0.3 is 4.90 Å². The first-order valence-corrected chi connectivity index (χ1v) is 7.72. The molecule has 1 amide bonds. The molecule has 112 valence electrons. The summed E-state index contributed by atoms with van der Waals surface area (Å²) in [6, 6.07) is 6.35. The number of rotatable bonds is 2. The van der Waals surface area contributed by atoms with Crippen molar-refractivity contribution in [3.63, 3.8) is 0 Å². The Morgan fingerprint density at radius 2 is 1.76 bits per heavy atom. The van der Waals surface area contributed by atoms with Crippen molar-refractivity contribution in [2.75, 3.05) is 6.54 Å². The number of likely N-dealkylation sites (tertiary alicyclic amines) is 1. The van der Waals surface area contributed by atoms with Crippen molar-refractivity contribution in [3.8, 4) is 0 Å². The lowest BCUT2D eigenvalue weighted by atomic mass is 9.78. The Balaban J connectivity index is 1.78. The molecule has 2 fully saturated rings. The second-order valence-corrected chi connectivity index (χ2v) is 6.06. The van der Waals surface area contributed by atoms with Crippen LogP contribution in [0.5, 0.6) is 0 Å². The zero-order chi connectivity index (χ0) is 14.8. The number of carbonyl (C=O) groups is 1. The van der Waals surface area contributed by atoms with Gasteiger partial charge in [0.1, 0.15) is 0 Å². The number of nitrogens with zero attached hydrogens (tertiary/aromatic N) is 2. The Morgan fingerprint density at radius 3 is 2.48 bits per heavy atom. The molecule has 3 rings (SSSR count). The average molecular weight is 288 g/mol. The highest BCUT2D eigenvalue weighted by molar-refractivity contribution is 5.94. The van der Waals surface area contributed by atoms with Gasteiger partial charge in [-0.05, 0) is 43.7 Å². The van der Waals surface area contributed by atoms with Gasteiger partial charge in [-0.3, -0.25) is 14.9 Å². The Hall–Kier alpha value is -1.91. The SMILES string of the molecule is O=C(c1ccc([N+](=O)[O-])cc1)N1CCC[C@@H]2CCCC[C@@H]21. The number of fused-ring (bicyclic) bond motifs is 1. The van der Waals surface area contributed by atoms with Crippen molar-refractivity contribution in [2.45, 2.75) is 44.6 Å². The highest BCUT2D eigenvalue weighted by Crippen LogP contribution is 2.36. The first kappa shape index (κ1) is 14.0. The van der Waals surface area contributed by atoms with E-state index in [1.54, 1.807) is 12.1 Å². The van der Waals surface area contributed by atoms with Gasteiger partial charge in [0.05, 0.1) is 4.92 Å². The summed E-state index contributed by atoms with van der Waals surface area (Å²) in [6.45, 7) is 0.816. The summed E-state index contributed by atoms with van der Waals surface area (Å²) in [5.74, 6) is 0.677. The van der Waals surface area contributed by atoms with Gasteiger partial charge in [0.15, 0.2) is 0 Å². The van der Waals surface area contributed by atoms with E-state index in [1.807, 2.05) is 4.90 Å². The topological polar surface area (TPSA) is 63.4 Å². The second kappa shape index (κ2) is 5.84. The standard InChI is InChI=1S/C16H20N2O3/c19-16(13-7-9-14(10-8-13)18(20)21)17-11-3-5-12-4-1-2-6-15(12)17/h7-10,12,15H,1-6,11H2/t12-,15-/m0/s1. The average Bonchev–Trinajstić information content (AvgIpc) is 2.53. The minimum Gasteiger partial charge on any atom is -0.335 e. The smallest absolute Gasteiger partial charge is 0.269 e. The van der Waals surface area contributed by atoms with Crippen LogP contribution in [0.15, 0.2) is 24.3 Å². The molecule has 2 aliphatic rings. The third-order valence-electron chi connectivity index (χ3n) is 4.83. The van der Waals surface area contributed by atoms with E-state index in [2.05, 4.69) is 0 Å². The molecule has 0 unspecified atom stereocenters. The molecule has 0 aromatic heterocycles. The van der Waals surface area contributed by atoms with E-state index in [0.29, 0.717) is 17.5 Å². The molecule has 1 aliphatic carbocycles. The Morgan fingerprint density at radius 1 is 1.10 bits per heavy atom. The van der Waals surface area contributed by atoms with Crippen LogP contribution >= 0.6 is 0 Å². The molecule has 5 nitrogen and oxygen atoms in total. The van der Waals surface area contributed by atoms with Crippen LogP contribution in [0.2, 0.25) is 0 Å². The first-order chi connectivity index (χ1) is 10.2. The van der Waals surface area contributed by atoms with Gasteiger partial charge >= 0.3 is 0 Å². The third kappa shape index (κ3) is 2.77. The van der Waals surface area contributed by atoms with Crippen LogP contribution in [0.4, 0.5) is 5.69 Å².